The number of nitrogens with one attached hydrogen (secondary N) is 1. The van der Waals surface area contributed by atoms with Crippen LogP contribution in [-0.2, 0) is 16.1 Å². The van der Waals surface area contributed by atoms with Gasteiger partial charge in [0.15, 0.2) is 0 Å². The highest BCUT2D eigenvalue weighted by Gasteiger charge is 2.41. The molecule has 0 radical (unpaired) electrons. The van der Waals surface area contributed by atoms with Crippen LogP contribution in [-0.4, -0.2) is 58.0 Å². The summed E-state index contributed by atoms with van der Waals surface area (Å²) in [6.45, 7) is 1.69. The van der Waals surface area contributed by atoms with E-state index in [0.717, 1.165) is 11.6 Å². The monoisotopic (exact) mass is 424 g/mol. The lowest BCUT2D eigenvalue weighted by molar-refractivity contribution is -0.385. The van der Waals surface area contributed by atoms with Crippen LogP contribution in [0, 0.1) is 10.1 Å². The molecule has 1 aliphatic heterocycles. The van der Waals surface area contributed by atoms with E-state index in [4.69, 9.17) is 0 Å². The number of amides is 4. The number of hydrogen-bond donors (Lipinski definition) is 1. The first-order chi connectivity index (χ1) is 14.8. The molecule has 1 N–H and O–H groups in total. The number of nitrogens with zero attached hydrogens (tertiary/aromatic N) is 3. The number of nitro benzene ring substituents is 1. The van der Waals surface area contributed by atoms with Gasteiger partial charge in [-0.1, -0.05) is 36.4 Å². The molecule has 4 amide bonds. The van der Waals surface area contributed by atoms with Gasteiger partial charge in [0.25, 0.3) is 17.5 Å². The van der Waals surface area contributed by atoms with Gasteiger partial charge in [0.1, 0.15) is 12.1 Å². The van der Waals surface area contributed by atoms with Gasteiger partial charge in [-0.2, -0.15) is 0 Å². The van der Waals surface area contributed by atoms with Gasteiger partial charge in [0.05, 0.1) is 17.0 Å². The summed E-state index contributed by atoms with van der Waals surface area (Å²) < 4.78 is 0. The molecule has 1 heterocycles. The molecule has 0 saturated carbocycles. The minimum atomic E-state index is -0.909. The van der Waals surface area contributed by atoms with Crippen LogP contribution in [0.3, 0.4) is 0 Å². The van der Waals surface area contributed by atoms with Crippen molar-refractivity contribution in [2.24, 2.45) is 0 Å². The van der Waals surface area contributed by atoms with Crippen LogP contribution in [0.1, 0.15) is 33.2 Å². The number of rotatable bonds is 8. The molecule has 10 heteroatoms. The maximum atomic E-state index is 12.5. The molecule has 0 aliphatic carbocycles. The number of nitro groups is 1. The summed E-state index contributed by atoms with van der Waals surface area (Å²) in [7, 11) is 0. The van der Waals surface area contributed by atoms with E-state index in [-0.39, 0.29) is 23.6 Å². The van der Waals surface area contributed by atoms with Crippen LogP contribution in [0.2, 0.25) is 0 Å². The maximum absolute atomic E-state index is 12.5. The quantitative estimate of drug-likeness (QED) is 0.387. The van der Waals surface area contributed by atoms with Gasteiger partial charge in [-0.15, -0.1) is 0 Å². The first-order valence-corrected chi connectivity index (χ1v) is 9.55. The zero-order chi connectivity index (χ0) is 22.5. The lowest BCUT2D eigenvalue weighted by atomic mass is 10.1. The Morgan fingerprint density at radius 3 is 2.42 bits per heavy atom. The summed E-state index contributed by atoms with van der Waals surface area (Å²) in [4.78, 5) is 62.2. The highest BCUT2D eigenvalue weighted by Crippen LogP contribution is 2.30. The molecule has 0 saturated heterocycles. The molecule has 0 unspecified atom stereocenters. The van der Waals surface area contributed by atoms with Crippen molar-refractivity contribution < 1.29 is 24.1 Å². The van der Waals surface area contributed by atoms with Crippen molar-refractivity contribution in [3.63, 3.8) is 0 Å². The highest BCUT2D eigenvalue weighted by molar-refractivity contribution is 6.24. The van der Waals surface area contributed by atoms with E-state index >= 15 is 0 Å². The van der Waals surface area contributed by atoms with Crippen molar-refractivity contribution in [2.75, 3.05) is 19.6 Å². The summed E-state index contributed by atoms with van der Waals surface area (Å²) >= 11 is 0. The Morgan fingerprint density at radius 2 is 1.77 bits per heavy atom. The lowest BCUT2D eigenvalue weighted by Gasteiger charge is -2.21. The number of imide groups is 1. The van der Waals surface area contributed by atoms with Gasteiger partial charge in [-0.3, -0.25) is 34.2 Å². The highest BCUT2D eigenvalue weighted by atomic mass is 16.6. The van der Waals surface area contributed by atoms with E-state index < -0.39 is 34.9 Å². The Bertz CT molecular complexity index is 1050. The van der Waals surface area contributed by atoms with E-state index in [1.807, 2.05) is 37.3 Å². The van der Waals surface area contributed by atoms with Gasteiger partial charge < -0.3 is 10.2 Å². The molecule has 160 valence electrons. The first-order valence-electron chi connectivity index (χ1n) is 9.55. The molecular weight excluding hydrogens is 404 g/mol. The largest absolute Gasteiger partial charge is 0.345 e. The third-order valence-electron chi connectivity index (χ3n) is 4.86. The van der Waals surface area contributed by atoms with Crippen LogP contribution >= 0.6 is 0 Å². The Hall–Kier alpha value is -4.08. The fourth-order valence-corrected chi connectivity index (χ4v) is 3.28. The Kier molecular flexibility index (Phi) is 6.39. The number of likely N-dealkylation sites (N-methyl/N-ethyl adjacent to an activating group) is 1. The number of carbonyl (C=O) groups is 4. The fraction of sp³-hybridized carbons (Fsp3) is 0.238. The predicted molar refractivity (Wildman–Crippen MR) is 109 cm³/mol. The van der Waals surface area contributed by atoms with Crippen molar-refractivity contribution >= 4 is 29.3 Å². The van der Waals surface area contributed by atoms with Gasteiger partial charge in [0.2, 0.25) is 11.8 Å². The third kappa shape index (κ3) is 4.58. The van der Waals surface area contributed by atoms with Crippen LogP contribution < -0.4 is 5.32 Å². The summed E-state index contributed by atoms with van der Waals surface area (Å²) in [5.41, 5.74) is -0.00503. The standard InChI is InChI=1S/C21H20N4O6/c1-2-23(12-14-7-4-3-5-8-14)18(27)11-22-17(26)13-24-20(28)15-9-6-10-16(25(30)31)19(15)21(24)29/h3-10H,2,11-13H2,1H3,(H,22,26). The van der Waals surface area contributed by atoms with E-state index in [0.29, 0.717) is 18.0 Å². The van der Waals surface area contributed by atoms with E-state index in [9.17, 15) is 29.3 Å². The van der Waals surface area contributed by atoms with Crippen LogP contribution in [0.4, 0.5) is 5.69 Å². The average Bonchev–Trinajstić information content (AvgIpc) is 3.01. The SMILES string of the molecule is CCN(Cc1ccccc1)C(=O)CNC(=O)CN1C(=O)c2cccc([N+](=O)[O-])c2C1=O. The Labute approximate surface area is 177 Å². The lowest BCUT2D eigenvalue weighted by Crippen LogP contribution is -2.44. The van der Waals surface area contributed by atoms with Gasteiger partial charge in [0, 0.05) is 19.2 Å². The predicted octanol–water partition coefficient (Wildman–Crippen LogP) is 1.36. The zero-order valence-corrected chi connectivity index (χ0v) is 16.7. The fourth-order valence-electron chi connectivity index (χ4n) is 3.28. The van der Waals surface area contributed by atoms with Crippen molar-refractivity contribution in [1.82, 2.24) is 15.1 Å². The first kappa shape index (κ1) is 21.6. The van der Waals surface area contributed by atoms with Crippen molar-refractivity contribution in [2.45, 2.75) is 13.5 Å². The maximum Gasteiger partial charge on any atom is 0.282 e. The smallest absolute Gasteiger partial charge is 0.282 e. The molecule has 0 atom stereocenters. The third-order valence-corrected chi connectivity index (χ3v) is 4.86. The molecular formula is C21H20N4O6. The summed E-state index contributed by atoms with van der Waals surface area (Å²) in [5, 5.41) is 13.5. The van der Waals surface area contributed by atoms with Crippen molar-refractivity contribution in [3.8, 4) is 0 Å². The van der Waals surface area contributed by atoms with Gasteiger partial charge in [-0.25, -0.2) is 0 Å². The second kappa shape index (κ2) is 9.16. The van der Waals surface area contributed by atoms with Gasteiger partial charge in [-0.05, 0) is 18.6 Å². The summed E-state index contributed by atoms with van der Waals surface area (Å²) in [5.74, 6) is -2.74. The van der Waals surface area contributed by atoms with Crippen molar-refractivity contribution in [1.29, 1.82) is 0 Å². The molecule has 0 spiro atoms. The topological polar surface area (TPSA) is 130 Å². The minimum Gasteiger partial charge on any atom is -0.345 e. The molecule has 31 heavy (non-hydrogen) atoms. The van der Waals surface area contributed by atoms with E-state index in [1.165, 1.54) is 12.1 Å². The second-order valence-electron chi connectivity index (χ2n) is 6.82. The normalized spacial score (nSPS) is 12.5. The minimum absolute atomic E-state index is 0.122. The van der Waals surface area contributed by atoms with E-state index in [1.54, 1.807) is 4.90 Å². The number of hydrogen-bond acceptors (Lipinski definition) is 6. The van der Waals surface area contributed by atoms with Crippen molar-refractivity contribution in [3.05, 3.63) is 75.3 Å². The number of carbonyl (C=O) groups excluding carboxylic acids is 4. The molecule has 2 aromatic rings. The summed E-state index contributed by atoms with van der Waals surface area (Å²) in [6.07, 6.45) is 0. The van der Waals surface area contributed by atoms with Crippen LogP contribution in [0.25, 0.3) is 0 Å². The molecule has 0 fully saturated rings. The molecule has 1 aliphatic rings. The van der Waals surface area contributed by atoms with Crippen LogP contribution in [0.5, 0.6) is 0 Å². The molecule has 3 rings (SSSR count). The second-order valence-corrected chi connectivity index (χ2v) is 6.82. The molecule has 2 aromatic carbocycles. The van der Waals surface area contributed by atoms with Gasteiger partial charge >= 0.3 is 0 Å². The molecule has 0 bridgehead atoms. The molecule has 10 nitrogen and oxygen atoms in total. The number of fused-ring (bicyclic) bond motifs is 1. The number of benzene rings is 2. The Balaban J connectivity index is 1.60. The van der Waals surface area contributed by atoms with E-state index in [2.05, 4.69) is 5.32 Å². The zero-order valence-electron chi connectivity index (χ0n) is 16.7. The summed E-state index contributed by atoms with van der Waals surface area (Å²) in [6, 6.07) is 13.1. The molecule has 0 aromatic heterocycles. The average molecular weight is 424 g/mol. The van der Waals surface area contributed by atoms with Crippen LogP contribution in [0.15, 0.2) is 48.5 Å². The Morgan fingerprint density at radius 1 is 1.06 bits per heavy atom.